The van der Waals surface area contributed by atoms with Crippen molar-refractivity contribution in [3.63, 3.8) is 0 Å². The van der Waals surface area contributed by atoms with Crippen LogP contribution in [0.4, 0.5) is 0 Å². The Morgan fingerprint density at radius 2 is 2.00 bits per heavy atom. The highest BCUT2D eigenvalue weighted by Gasteiger charge is 2.52. The molecule has 1 aromatic heterocycles. The minimum absolute atomic E-state index is 0.0129. The molecule has 8 nitrogen and oxygen atoms in total. The van der Waals surface area contributed by atoms with Crippen LogP contribution in [0.3, 0.4) is 0 Å². The Hall–Kier alpha value is -2.87. The van der Waals surface area contributed by atoms with Crippen LogP contribution in [-0.2, 0) is 9.59 Å². The number of carbonyl (C=O) groups is 3. The van der Waals surface area contributed by atoms with Crippen molar-refractivity contribution >= 4 is 29.3 Å². The lowest BCUT2D eigenvalue weighted by Gasteiger charge is -2.51. The second-order valence-electron chi connectivity index (χ2n) is 7.45. The van der Waals surface area contributed by atoms with Crippen LogP contribution in [0.15, 0.2) is 30.5 Å². The molecule has 0 saturated carbocycles. The second kappa shape index (κ2) is 8.02. The number of aromatic amines is 1. The maximum Gasteiger partial charge on any atom is 0.311 e. The van der Waals surface area contributed by atoms with Gasteiger partial charge >= 0.3 is 5.97 Å². The standard InChI is InChI=1S/C19H23N3O3.CH2O2/c1-21-9-2-6-19(18(24)25)7-10-22(12-16(19)21)17(23)14-3-4-15-13(11-14)5-8-20-15;2-1-3/h3-5,8,11,16,20H,2,6-7,9-10,12H2,1H3,(H,24,25);1H,(H,2,3)/t16-,19+;/m1./s1. The minimum Gasteiger partial charge on any atom is -0.483 e. The van der Waals surface area contributed by atoms with Gasteiger partial charge in [-0.25, -0.2) is 0 Å². The van der Waals surface area contributed by atoms with E-state index in [0.717, 1.165) is 23.9 Å². The molecule has 0 unspecified atom stereocenters. The molecule has 1 aromatic carbocycles. The molecule has 0 radical (unpaired) electrons. The average molecular weight is 387 g/mol. The number of amides is 1. The maximum atomic E-state index is 13.0. The Bertz CT molecular complexity index is 880. The number of carbonyl (C=O) groups excluding carboxylic acids is 1. The number of piperidine rings is 2. The van der Waals surface area contributed by atoms with E-state index >= 15 is 0 Å². The summed E-state index contributed by atoms with van der Waals surface area (Å²) in [5, 5.41) is 17.7. The Morgan fingerprint density at radius 1 is 1.25 bits per heavy atom. The first-order chi connectivity index (χ1) is 13.4. The highest BCUT2D eigenvalue weighted by atomic mass is 16.4. The Morgan fingerprint density at radius 3 is 2.71 bits per heavy atom. The quantitative estimate of drug-likeness (QED) is 0.678. The van der Waals surface area contributed by atoms with Gasteiger partial charge in [-0.15, -0.1) is 0 Å². The maximum absolute atomic E-state index is 13.0. The zero-order valence-electron chi connectivity index (χ0n) is 15.8. The number of carboxylic acid groups (broad SMARTS) is 2. The van der Waals surface area contributed by atoms with Gasteiger partial charge in [0.2, 0.25) is 0 Å². The highest BCUT2D eigenvalue weighted by molar-refractivity contribution is 5.98. The van der Waals surface area contributed by atoms with Gasteiger partial charge in [-0.05, 0) is 57.1 Å². The van der Waals surface area contributed by atoms with Crippen LogP contribution in [0.2, 0.25) is 0 Å². The van der Waals surface area contributed by atoms with Gasteiger partial charge in [0.1, 0.15) is 0 Å². The predicted octanol–water partition coefficient (Wildman–Crippen LogP) is 1.88. The average Bonchev–Trinajstić information content (AvgIpc) is 3.16. The number of hydrogen-bond donors (Lipinski definition) is 3. The van der Waals surface area contributed by atoms with Gasteiger partial charge < -0.3 is 25.0 Å². The van der Waals surface area contributed by atoms with Crippen LogP contribution in [0.5, 0.6) is 0 Å². The summed E-state index contributed by atoms with van der Waals surface area (Å²) >= 11 is 0. The van der Waals surface area contributed by atoms with Crippen molar-refractivity contribution in [3.05, 3.63) is 36.0 Å². The van der Waals surface area contributed by atoms with E-state index < -0.39 is 11.4 Å². The zero-order valence-corrected chi connectivity index (χ0v) is 15.8. The molecule has 0 aliphatic carbocycles. The number of H-pyrrole nitrogens is 1. The van der Waals surface area contributed by atoms with Gasteiger partial charge in [-0.2, -0.15) is 0 Å². The first-order valence-corrected chi connectivity index (χ1v) is 9.31. The number of aromatic nitrogens is 1. The SMILES string of the molecule is CN1CCC[C@]2(C(=O)O)CCN(C(=O)c3ccc4[nH]ccc4c3)C[C@@H]12.O=CO. The Kier molecular flexibility index (Phi) is 5.69. The summed E-state index contributed by atoms with van der Waals surface area (Å²) in [4.78, 5) is 40.4. The molecule has 4 rings (SSSR count). The summed E-state index contributed by atoms with van der Waals surface area (Å²) < 4.78 is 0. The van der Waals surface area contributed by atoms with Crippen LogP contribution in [0.25, 0.3) is 10.9 Å². The van der Waals surface area contributed by atoms with Gasteiger partial charge in [-0.3, -0.25) is 14.4 Å². The fraction of sp³-hybridized carbons (Fsp3) is 0.450. The number of hydrogen-bond acceptors (Lipinski definition) is 4. The smallest absolute Gasteiger partial charge is 0.311 e. The lowest BCUT2D eigenvalue weighted by Crippen LogP contribution is -2.63. The summed E-state index contributed by atoms with van der Waals surface area (Å²) in [5.74, 6) is -0.731. The number of likely N-dealkylation sites (tertiary alicyclic amines) is 2. The number of fused-ring (bicyclic) bond motifs is 2. The van der Waals surface area contributed by atoms with Crippen molar-refractivity contribution in [3.8, 4) is 0 Å². The molecule has 3 heterocycles. The van der Waals surface area contributed by atoms with Gasteiger partial charge in [0.15, 0.2) is 0 Å². The van der Waals surface area contributed by atoms with E-state index in [2.05, 4.69) is 9.88 Å². The first kappa shape index (κ1) is 19.9. The van der Waals surface area contributed by atoms with Gasteiger partial charge in [0.05, 0.1) is 5.41 Å². The second-order valence-corrected chi connectivity index (χ2v) is 7.45. The molecule has 2 aromatic rings. The molecular weight excluding hydrogens is 362 g/mol. The number of aliphatic carboxylic acids is 1. The summed E-state index contributed by atoms with van der Waals surface area (Å²) in [7, 11) is 1.97. The summed E-state index contributed by atoms with van der Waals surface area (Å²) in [6.07, 6.45) is 3.99. The van der Waals surface area contributed by atoms with Crippen molar-refractivity contribution in [2.75, 3.05) is 26.7 Å². The molecule has 2 aliphatic rings. The molecule has 3 N–H and O–H groups in total. The van der Waals surface area contributed by atoms with E-state index in [1.807, 2.05) is 42.4 Å². The van der Waals surface area contributed by atoms with Crippen LogP contribution in [0.1, 0.15) is 29.6 Å². The molecule has 0 spiro atoms. The van der Waals surface area contributed by atoms with Crippen molar-refractivity contribution in [2.24, 2.45) is 5.41 Å². The number of rotatable bonds is 2. The lowest BCUT2D eigenvalue weighted by atomic mass is 9.68. The molecule has 150 valence electrons. The van der Waals surface area contributed by atoms with E-state index in [9.17, 15) is 14.7 Å². The molecule has 2 aliphatic heterocycles. The van der Waals surface area contributed by atoms with E-state index in [4.69, 9.17) is 9.90 Å². The summed E-state index contributed by atoms with van der Waals surface area (Å²) in [5.41, 5.74) is 0.953. The molecule has 0 bridgehead atoms. The van der Waals surface area contributed by atoms with Gasteiger partial charge in [0.25, 0.3) is 12.4 Å². The predicted molar refractivity (Wildman–Crippen MR) is 103 cm³/mol. The number of benzene rings is 1. The zero-order chi connectivity index (χ0) is 20.3. The third-order valence-corrected chi connectivity index (χ3v) is 6.04. The first-order valence-electron chi connectivity index (χ1n) is 9.31. The molecule has 2 atom stereocenters. The van der Waals surface area contributed by atoms with E-state index in [0.29, 0.717) is 31.5 Å². The molecule has 2 saturated heterocycles. The Labute approximate surface area is 162 Å². The van der Waals surface area contributed by atoms with E-state index in [-0.39, 0.29) is 18.4 Å². The fourth-order valence-electron chi connectivity index (χ4n) is 4.54. The van der Waals surface area contributed by atoms with Crippen LogP contribution in [0, 0.1) is 5.41 Å². The number of nitrogens with zero attached hydrogens (tertiary/aromatic N) is 2. The monoisotopic (exact) mass is 387 g/mol. The fourth-order valence-corrected chi connectivity index (χ4v) is 4.54. The third-order valence-electron chi connectivity index (χ3n) is 6.04. The number of nitrogens with one attached hydrogen (secondary N) is 1. The van der Waals surface area contributed by atoms with Crippen molar-refractivity contribution in [1.29, 1.82) is 0 Å². The van der Waals surface area contributed by atoms with E-state index in [1.165, 1.54) is 0 Å². The van der Waals surface area contributed by atoms with Crippen LogP contribution >= 0.6 is 0 Å². The topological polar surface area (TPSA) is 114 Å². The number of carboxylic acids is 1. The molecule has 8 heteroatoms. The molecule has 1 amide bonds. The minimum atomic E-state index is -0.718. The summed E-state index contributed by atoms with van der Waals surface area (Å²) in [6, 6.07) is 7.49. The molecular formula is C20H25N3O5. The normalized spacial score (nSPS) is 24.8. The largest absolute Gasteiger partial charge is 0.483 e. The van der Waals surface area contributed by atoms with Crippen molar-refractivity contribution < 1.29 is 24.6 Å². The third kappa shape index (κ3) is 3.47. The van der Waals surface area contributed by atoms with Crippen molar-refractivity contribution in [1.82, 2.24) is 14.8 Å². The highest BCUT2D eigenvalue weighted by Crippen LogP contribution is 2.42. The van der Waals surface area contributed by atoms with Crippen molar-refractivity contribution in [2.45, 2.75) is 25.3 Å². The molecule has 2 fully saturated rings. The van der Waals surface area contributed by atoms with Gasteiger partial charge in [-0.1, -0.05) is 0 Å². The summed E-state index contributed by atoms with van der Waals surface area (Å²) in [6.45, 7) is 1.62. The number of likely N-dealkylation sites (N-methyl/N-ethyl adjacent to an activating group) is 1. The van der Waals surface area contributed by atoms with Crippen LogP contribution < -0.4 is 0 Å². The lowest BCUT2D eigenvalue weighted by molar-refractivity contribution is -0.161. The molecule has 28 heavy (non-hydrogen) atoms. The van der Waals surface area contributed by atoms with E-state index in [1.54, 1.807) is 0 Å². The Balaban J connectivity index is 0.000000706. The van der Waals surface area contributed by atoms with Gasteiger partial charge in [0, 0.05) is 41.8 Å². The van der Waals surface area contributed by atoms with Crippen LogP contribution in [-0.4, -0.2) is 76.1 Å².